The predicted octanol–water partition coefficient (Wildman–Crippen LogP) is 0.555. The predicted molar refractivity (Wildman–Crippen MR) is 76.2 cm³/mol. The number of rotatable bonds is 4. The van der Waals surface area contributed by atoms with Crippen LogP contribution in [0, 0.1) is 11.8 Å². The summed E-state index contributed by atoms with van der Waals surface area (Å²) in [5.74, 6) is 0.470. The van der Waals surface area contributed by atoms with Crippen LogP contribution >= 0.6 is 11.6 Å². The van der Waals surface area contributed by atoms with E-state index in [0.717, 1.165) is 0 Å². The SMILES string of the molecule is CNC(=O)c1cc(C(=O)NC2[C@H]3COC[C@@H]23)cc(CCl)n1. The summed E-state index contributed by atoms with van der Waals surface area (Å²) in [5, 5.41) is 5.48. The first kappa shape index (κ1) is 14.3. The second-order valence-corrected chi connectivity index (χ2v) is 5.58. The highest BCUT2D eigenvalue weighted by Gasteiger charge is 2.54. The van der Waals surface area contributed by atoms with Gasteiger partial charge in [0.05, 0.1) is 24.8 Å². The van der Waals surface area contributed by atoms with Crippen LogP contribution in [0.25, 0.3) is 0 Å². The van der Waals surface area contributed by atoms with Gasteiger partial charge in [-0.1, -0.05) is 0 Å². The number of ether oxygens (including phenoxy) is 1. The molecule has 112 valence electrons. The van der Waals surface area contributed by atoms with Gasteiger partial charge >= 0.3 is 0 Å². The van der Waals surface area contributed by atoms with Crippen LogP contribution in [-0.2, 0) is 10.6 Å². The summed E-state index contributed by atoms with van der Waals surface area (Å²) < 4.78 is 5.29. The molecule has 2 fully saturated rings. The minimum Gasteiger partial charge on any atom is -0.381 e. The number of fused-ring (bicyclic) bond motifs is 1. The maximum atomic E-state index is 12.3. The fourth-order valence-electron chi connectivity index (χ4n) is 2.72. The molecule has 7 heteroatoms. The quantitative estimate of drug-likeness (QED) is 0.796. The second-order valence-electron chi connectivity index (χ2n) is 5.31. The number of halogens is 1. The van der Waals surface area contributed by atoms with E-state index in [9.17, 15) is 9.59 Å². The summed E-state index contributed by atoms with van der Waals surface area (Å²) in [6.45, 7) is 1.42. The Morgan fingerprint density at radius 1 is 1.33 bits per heavy atom. The Kier molecular flexibility index (Phi) is 3.82. The Labute approximate surface area is 127 Å². The van der Waals surface area contributed by atoms with E-state index in [1.807, 2.05) is 0 Å². The van der Waals surface area contributed by atoms with Gasteiger partial charge in [0.1, 0.15) is 5.69 Å². The molecular formula is C14H16ClN3O3. The maximum absolute atomic E-state index is 12.3. The Morgan fingerprint density at radius 2 is 2.05 bits per heavy atom. The van der Waals surface area contributed by atoms with Crippen LogP contribution in [0.2, 0.25) is 0 Å². The molecule has 1 aliphatic carbocycles. The lowest BCUT2D eigenvalue weighted by atomic mass is 10.1. The first-order chi connectivity index (χ1) is 10.1. The Morgan fingerprint density at radius 3 is 2.67 bits per heavy atom. The number of alkyl halides is 1. The summed E-state index contributed by atoms with van der Waals surface area (Å²) in [6, 6.07) is 3.28. The zero-order valence-corrected chi connectivity index (χ0v) is 12.3. The van der Waals surface area contributed by atoms with Crippen molar-refractivity contribution >= 4 is 23.4 Å². The number of carbonyl (C=O) groups excluding carboxylic acids is 2. The molecule has 2 amide bonds. The van der Waals surface area contributed by atoms with Gasteiger partial charge in [-0.25, -0.2) is 4.98 Å². The van der Waals surface area contributed by atoms with E-state index in [4.69, 9.17) is 16.3 Å². The van der Waals surface area contributed by atoms with E-state index >= 15 is 0 Å². The monoisotopic (exact) mass is 309 g/mol. The van der Waals surface area contributed by atoms with Crippen LogP contribution in [0.4, 0.5) is 0 Å². The van der Waals surface area contributed by atoms with Crippen LogP contribution in [0.3, 0.4) is 0 Å². The van der Waals surface area contributed by atoms with Crippen molar-refractivity contribution in [1.82, 2.24) is 15.6 Å². The molecule has 6 nitrogen and oxygen atoms in total. The molecule has 1 saturated heterocycles. The van der Waals surface area contributed by atoms with Gasteiger partial charge < -0.3 is 15.4 Å². The van der Waals surface area contributed by atoms with Crippen LogP contribution in [0.15, 0.2) is 12.1 Å². The molecule has 1 saturated carbocycles. The summed E-state index contributed by atoms with van der Waals surface area (Å²) in [4.78, 5) is 28.1. The minimum absolute atomic E-state index is 0.146. The highest BCUT2D eigenvalue weighted by Crippen LogP contribution is 2.44. The highest BCUT2D eigenvalue weighted by atomic mass is 35.5. The lowest BCUT2D eigenvalue weighted by molar-refractivity contribution is 0.0928. The molecule has 1 aliphatic heterocycles. The number of aromatic nitrogens is 1. The maximum Gasteiger partial charge on any atom is 0.269 e. The van der Waals surface area contributed by atoms with E-state index in [2.05, 4.69) is 15.6 Å². The zero-order valence-electron chi connectivity index (χ0n) is 11.6. The number of hydrogen-bond acceptors (Lipinski definition) is 4. The average molecular weight is 310 g/mol. The highest BCUT2D eigenvalue weighted by molar-refractivity contribution is 6.17. The number of pyridine rings is 1. The standard InChI is InChI=1S/C14H16ClN3O3/c1-16-14(20)11-3-7(2-8(4-15)17-11)13(19)18-12-9-5-21-6-10(9)12/h2-3,9-10,12H,4-6H2,1H3,(H,16,20)(H,18,19)/t9-,10+,12?. The third-order valence-corrected chi connectivity index (χ3v) is 4.26. The molecular weight excluding hydrogens is 294 g/mol. The Balaban J connectivity index is 1.77. The van der Waals surface area contributed by atoms with E-state index in [0.29, 0.717) is 36.3 Å². The van der Waals surface area contributed by atoms with Crippen molar-refractivity contribution in [2.75, 3.05) is 20.3 Å². The smallest absolute Gasteiger partial charge is 0.269 e. The average Bonchev–Trinajstić information content (AvgIpc) is 2.95. The molecule has 2 N–H and O–H groups in total. The van der Waals surface area contributed by atoms with Crippen molar-refractivity contribution < 1.29 is 14.3 Å². The van der Waals surface area contributed by atoms with Crippen molar-refractivity contribution in [2.45, 2.75) is 11.9 Å². The fraction of sp³-hybridized carbons (Fsp3) is 0.500. The zero-order chi connectivity index (χ0) is 15.0. The first-order valence-electron chi connectivity index (χ1n) is 6.81. The van der Waals surface area contributed by atoms with Gasteiger partial charge in [0.15, 0.2) is 0 Å². The largest absolute Gasteiger partial charge is 0.381 e. The number of nitrogens with one attached hydrogen (secondary N) is 2. The third kappa shape index (κ3) is 2.73. The molecule has 1 aromatic rings. The lowest BCUT2D eigenvalue weighted by Gasteiger charge is -2.09. The van der Waals surface area contributed by atoms with Gasteiger partial charge in [-0.15, -0.1) is 11.6 Å². The molecule has 2 heterocycles. The molecule has 0 radical (unpaired) electrons. The molecule has 1 aromatic heterocycles. The molecule has 3 atom stereocenters. The second kappa shape index (κ2) is 5.61. The number of nitrogens with zero attached hydrogens (tertiary/aromatic N) is 1. The molecule has 0 aromatic carbocycles. The molecule has 3 rings (SSSR count). The van der Waals surface area contributed by atoms with E-state index < -0.39 is 0 Å². The van der Waals surface area contributed by atoms with Crippen LogP contribution < -0.4 is 10.6 Å². The summed E-state index contributed by atoms with van der Waals surface area (Å²) >= 11 is 5.78. The van der Waals surface area contributed by atoms with Gasteiger partial charge in [-0.3, -0.25) is 9.59 Å². The Bertz CT molecular complexity index is 583. The van der Waals surface area contributed by atoms with Crippen molar-refractivity contribution in [1.29, 1.82) is 0 Å². The van der Waals surface area contributed by atoms with Gasteiger partial charge in [-0.05, 0) is 12.1 Å². The van der Waals surface area contributed by atoms with Gasteiger partial charge in [0.25, 0.3) is 11.8 Å². The van der Waals surface area contributed by atoms with E-state index in [1.165, 1.54) is 13.1 Å². The normalized spacial score (nSPS) is 26.1. The molecule has 0 spiro atoms. The van der Waals surface area contributed by atoms with Gasteiger partial charge in [-0.2, -0.15) is 0 Å². The molecule has 1 unspecified atom stereocenters. The van der Waals surface area contributed by atoms with E-state index in [1.54, 1.807) is 6.07 Å². The third-order valence-electron chi connectivity index (χ3n) is 3.99. The minimum atomic E-state index is -0.340. The van der Waals surface area contributed by atoms with Crippen molar-refractivity contribution in [3.63, 3.8) is 0 Å². The molecule has 2 aliphatic rings. The first-order valence-corrected chi connectivity index (χ1v) is 7.35. The summed E-state index contributed by atoms with van der Waals surface area (Å²) in [6.07, 6.45) is 0. The summed E-state index contributed by atoms with van der Waals surface area (Å²) in [5.41, 5.74) is 1.10. The number of carbonyl (C=O) groups is 2. The molecule has 21 heavy (non-hydrogen) atoms. The molecule has 0 bridgehead atoms. The lowest BCUT2D eigenvalue weighted by Crippen LogP contribution is -2.30. The fourth-order valence-corrected chi connectivity index (χ4v) is 2.86. The summed E-state index contributed by atoms with van der Waals surface area (Å²) in [7, 11) is 1.52. The number of amides is 2. The van der Waals surface area contributed by atoms with Gasteiger partial charge in [0.2, 0.25) is 0 Å². The van der Waals surface area contributed by atoms with Crippen molar-refractivity contribution in [2.24, 2.45) is 11.8 Å². The van der Waals surface area contributed by atoms with Crippen LogP contribution in [0.1, 0.15) is 26.5 Å². The van der Waals surface area contributed by atoms with Crippen LogP contribution in [-0.4, -0.2) is 43.1 Å². The topological polar surface area (TPSA) is 80.3 Å². The number of hydrogen-bond donors (Lipinski definition) is 2. The van der Waals surface area contributed by atoms with Crippen LogP contribution in [0.5, 0.6) is 0 Å². The van der Waals surface area contributed by atoms with E-state index in [-0.39, 0.29) is 29.4 Å². The Hall–Kier alpha value is -1.66. The van der Waals surface area contributed by atoms with Gasteiger partial charge in [0, 0.05) is 30.5 Å². The van der Waals surface area contributed by atoms with Crippen molar-refractivity contribution in [3.05, 3.63) is 29.1 Å². The van der Waals surface area contributed by atoms with Crippen molar-refractivity contribution in [3.8, 4) is 0 Å².